The summed E-state index contributed by atoms with van der Waals surface area (Å²) in [5.74, 6) is 0. The maximum Gasteiger partial charge on any atom is 0.160 e. The third-order valence-electron chi connectivity index (χ3n) is 5.44. The van der Waals surface area contributed by atoms with Gasteiger partial charge in [-0.3, -0.25) is 0 Å². The van der Waals surface area contributed by atoms with Crippen LogP contribution >= 0.6 is 0 Å². The van der Waals surface area contributed by atoms with Crippen molar-refractivity contribution in [3.8, 4) is 5.69 Å². The van der Waals surface area contributed by atoms with Gasteiger partial charge in [-0.1, -0.05) is 60.1 Å². The molecule has 6 rings (SSSR count). The van der Waals surface area contributed by atoms with Crippen LogP contribution in [0.3, 0.4) is 0 Å². The lowest BCUT2D eigenvalue weighted by molar-refractivity contribution is 0.671. The van der Waals surface area contributed by atoms with Crippen molar-refractivity contribution in [3.63, 3.8) is 0 Å². The molecule has 0 saturated carbocycles. The molecule has 0 unspecified atom stereocenters. The minimum Gasteiger partial charge on any atom is -0.454 e. The van der Waals surface area contributed by atoms with Crippen LogP contribution in [0.2, 0.25) is 0 Å². The molecular weight excluding hydrogens is 329 g/mol. The van der Waals surface area contributed by atoms with E-state index in [0.717, 1.165) is 33.1 Å². The Morgan fingerprint density at radius 2 is 1.44 bits per heavy atom. The minimum atomic E-state index is 0.932. The number of furan rings is 1. The van der Waals surface area contributed by atoms with Crippen LogP contribution in [0.1, 0.15) is 0 Å². The van der Waals surface area contributed by atoms with E-state index in [0.29, 0.717) is 0 Å². The third-order valence-corrected chi connectivity index (χ3v) is 5.44. The van der Waals surface area contributed by atoms with E-state index in [1.165, 1.54) is 21.8 Å². The summed E-state index contributed by atoms with van der Waals surface area (Å²) in [6, 6.07) is 29.9. The monoisotopic (exact) mass is 345 g/mol. The highest BCUT2D eigenvalue weighted by Gasteiger charge is 2.18. The summed E-state index contributed by atoms with van der Waals surface area (Å²) < 4.78 is 8.70. The number of rotatable bonds is 1. The number of aromatic nitrogens is 1. The molecule has 0 amide bonds. The molecule has 0 atom stereocenters. The van der Waals surface area contributed by atoms with Crippen molar-refractivity contribution in [2.45, 2.75) is 0 Å². The van der Waals surface area contributed by atoms with E-state index in [9.17, 15) is 0 Å². The standard InChI is InChI=1S/C24H16BNO/c25-15-10-13-21-20(14-15)18-11-12-19-17-8-4-5-9-22(17)27-24(19)23(18)26(21)16-6-2-1-3-7-16/h1-14H,25H2. The molecule has 2 heterocycles. The average Bonchev–Trinajstić information content (AvgIpc) is 3.24. The molecule has 126 valence electrons. The summed E-state index contributed by atoms with van der Waals surface area (Å²) >= 11 is 0. The van der Waals surface area contributed by atoms with Crippen LogP contribution < -0.4 is 5.46 Å². The van der Waals surface area contributed by atoms with Crippen molar-refractivity contribution in [1.82, 2.24) is 4.57 Å². The van der Waals surface area contributed by atoms with Crippen LogP contribution in [0.4, 0.5) is 0 Å². The Morgan fingerprint density at radius 1 is 0.667 bits per heavy atom. The minimum absolute atomic E-state index is 0.932. The Morgan fingerprint density at radius 3 is 2.33 bits per heavy atom. The molecule has 3 heteroatoms. The van der Waals surface area contributed by atoms with E-state index in [-0.39, 0.29) is 0 Å². The van der Waals surface area contributed by atoms with Gasteiger partial charge in [-0.05, 0) is 30.3 Å². The Hall–Kier alpha value is -3.46. The molecule has 0 aliphatic carbocycles. The quantitative estimate of drug-likeness (QED) is 0.386. The maximum atomic E-state index is 6.37. The topological polar surface area (TPSA) is 18.1 Å². The fourth-order valence-electron chi connectivity index (χ4n) is 4.24. The fraction of sp³-hybridized carbons (Fsp3) is 0. The highest BCUT2D eigenvalue weighted by Crippen LogP contribution is 2.39. The Kier molecular flexibility index (Phi) is 2.87. The molecule has 0 saturated heterocycles. The van der Waals surface area contributed by atoms with Gasteiger partial charge in [-0.25, -0.2) is 0 Å². The second-order valence-electron chi connectivity index (χ2n) is 7.13. The molecule has 0 spiro atoms. The molecule has 0 N–H and O–H groups in total. The highest BCUT2D eigenvalue weighted by atomic mass is 16.3. The second kappa shape index (κ2) is 5.27. The Balaban J connectivity index is 1.92. The van der Waals surface area contributed by atoms with E-state index in [4.69, 9.17) is 4.42 Å². The summed E-state index contributed by atoms with van der Waals surface area (Å²) in [4.78, 5) is 0. The predicted octanol–water partition coefficient (Wildman–Crippen LogP) is 4.94. The fourth-order valence-corrected chi connectivity index (χ4v) is 4.24. The first-order valence-corrected chi connectivity index (χ1v) is 9.22. The number of benzene rings is 4. The molecule has 0 fully saturated rings. The van der Waals surface area contributed by atoms with Crippen LogP contribution in [0.5, 0.6) is 0 Å². The van der Waals surface area contributed by atoms with Crippen LogP contribution in [-0.4, -0.2) is 12.4 Å². The second-order valence-corrected chi connectivity index (χ2v) is 7.13. The predicted molar refractivity (Wildman–Crippen MR) is 116 cm³/mol. The smallest absolute Gasteiger partial charge is 0.160 e. The normalized spacial score (nSPS) is 11.9. The molecule has 2 aromatic heterocycles. The molecule has 0 aliphatic heterocycles. The lowest BCUT2D eigenvalue weighted by Gasteiger charge is -2.07. The number of fused-ring (bicyclic) bond motifs is 7. The van der Waals surface area contributed by atoms with Gasteiger partial charge in [0, 0.05) is 27.2 Å². The SMILES string of the molecule is Bc1ccc2c(c1)c1ccc3c4ccccc4oc3c1n2-c1ccccc1. The molecule has 6 aromatic rings. The van der Waals surface area contributed by atoms with Crippen molar-refractivity contribution >= 4 is 57.1 Å². The molecule has 2 nitrogen and oxygen atoms in total. The highest BCUT2D eigenvalue weighted by molar-refractivity contribution is 6.34. The molecule has 0 bridgehead atoms. The summed E-state index contributed by atoms with van der Waals surface area (Å²) in [5, 5.41) is 4.81. The van der Waals surface area contributed by atoms with Crippen LogP contribution in [0, 0.1) is 0 Å². The van der Waals surface area contributed by atoms with Crippen molar-refractivity contribution in [3.05, 3.63) is 84.9 Å². The zero-order chi connectivity index (χ0) is 18.0. The first-order chi connectivity index (χ1) is 13.3. The van der Waals surface area contributed by atoms with Gasteiger partial charge in [0.05, 0.1) is 11.0 Å². The van der Waals surface area contributed by atoms with Crippen LogP contribution in [0.15, 0.2) is 89.3 Å². The zero-order valence-corrected chi connectivity index (χ0v) is 14.9. The van der Waals surface area contributed by atoms with Crippen molar-refractivity contribution in [2.24, 2.45) is 0 Å². The van der Waals surface area contributed by atoms with Gasteiger partial charge in [0.1, 0.15) is 13.4 Å². The number of hydrogen-bond donors (Lipinski definition) is 0. The van der Waals surface area contributed by atoms with E-state index >= 15 is 0 Å². The lowest BCUT2D eigenvalue weighted by atomic mass is 9.94. The van der Waals surface area contributed by atoms with Gasteiger partial charge in [0.2, 0.25) is 0 Å². The van der Waals surface area contributed by atoms with Crippen molar-refractivity contribution in [1.29, 1.82) is 0 Å². The summed E-state index contributed by atoms with van der Waals surface area (Å²) in [5.41, 5.74) is 6.63. The van der Waals surface area contributed by atoms with Gasteiger partial charge < -0.3 is 8.98 Å². The van der Waals surface area contributed by atoms with Gasteiger partial charge >= 0.3 is 0 Å². The van der Waals surface area contributed by atoms with E-state index in [1.54, 1.807) is 0 Å². The third kappa shape index (κ3) is 1.97. The van der Waals surface area contributed by atoms with E-state index in [2.05, 4.69) is 85.2 Å². The number of hydrogen-bond acceptors (Lipinski definition) is 1. The van der Waals surface area contributed by atoms with Gasteiger partial charge in [0.15, 0.2) is 5.58 Å². The van der Waals surface area contributed by atoms with Gasteiger partial charge in [0.25, 0.3) is 0 Å². The average molecular weight is 345 g/mol. The molecule has 27 heavy (non-hydrogen) atoms. The summed E-state index contributed by atoms with van der Waals surface area (Å²) in [6.07, 6.45) is 0. The van der Waals surface area contributed by atoms with E-state index < -0.39 is 0 Å². The summed E-state index contributed by atoms with van der Waals surface area (Å²) in [6.45, 7) is 0. The Labute approximate surface area is 157 Å². The largest absolute Gasteiger partial charge is 0.454 e. The van der Waals surface area contributed by atoms with Gasteiger partial charge in [-0.15, -0.1) is 0 Å². The summed E-state index contributed by atoms with van der Waals surface area (Å²) in [7, 11) is 2.14. The molecule has 4 aromatic carbocycles. The van der Waals surface area contributed by atoms with E-state index in [1.807, 2.05) is 12.1 Å². The molecule has 0 radical (unpaired) electrons. The first-order valence-electron chi connectivity index (χ1n) is 9.22. The first kappa shape index (κ1) is 14.7. The van der Waals surface area contributed by atoms with Crippen molar-refractivity contribution < 1.29 is 4.42 Å². The Bertz CT molecular complexity index is 1470. The number of nitrogens with zero attached hydrogens (tertiary/aromatic N) is 1. The van der Waals surface area contributed by atoms with Gasteiger partial charge in [-0.2, -0.15) is 0 Å². The maximum absolute atomic E-state index is 6.37. The van der Waals surface area contributed by atoms with Crippen molar-refractivity contribution in [2.75, 3.05) is 0 Å². The molecular formula is C24H16BNO. The van der Waals surface area contributed by atoms with Crippen LogP contribution in [0.25, 0.3) is 49.4 Å². The molecule has 0 aliphatic rings. The number of para-hydroxylation sites is 2. The lowest BCUT2D eigenvalue weighted by Crippen LogP contribution is -2.00. The van der Waals surface area contributed by atoms with Crippen LogP contribution in [-0.2, 0) is 0 Å². The zero-order valence-electron chi connectivity index (χ0n) is 14.9.